The second-order valence-corrected chi connectivity index (χ2v) is 3.79. The highest BCUT2D eigenvalue weighted by Gasteiger charge is 2.16. The monoisotopic (exact) mass is 249 g/mol. The van der Waals surface area contributed by atoms with Gasteiger partial charge >= 0.3 is 0 Å². The Bertz CT molecular complexity index is 593. The first-order valence-corrected chi connectivity index (χ1v) is 5.14. The molecule has 0 atom stereocenters. The van der Waals surface area contributed by atoms with Crippen molar-refractivity contribution in [2.45, 2.75) is 13.8 Å². The van der Waals surface area contributed by atoms with E-state index in [1.54, 1.807) is 13.8 Å². The van der Waals surface area contributed by atoms with Crippen LogP contribution in [0.15, 0.2) is 12.3 Å². The van der Waals surface area contributed by atoms with Crippen molar-refractivity contribution in [2.24, 2.45) is 0 Å². The first kappa shape index (κ1) is 11.8. The molecule has 2 rings (SSSR count). The van der Waals surface area contributed by atoms with Crippen LogP contribution in [-0.4, -0.2) is 26.0 Å². The lowest BCUT2D eigenvalue weighted by molar-refractivity contribution is -0.384. The van der Waals surface area contributed by atoms with Crippen molar-refractivity contribution in [1.82, 2.24) is 15.2 Å². The van der Waals surface area contributed by atoms with Crippen molar-refractivity contribution in [3.05, 3.63) is 39.5 Å². The van der Waals surface area contributed by atoms with Gasteiger partial charge in [0, 0.05) is 6.07 Å². The van der Waals surface area contributed by atoms with Gasteiger partial charge in [-0.15, -0.1) is 0 Å². The van der Waals surface area contributed by atoms with Crippen LogP contribution in [0.2, 0.25) is 0 Å². The predicted octanol–water partition coefficient (Wildman–Crippen LogP) is 1.52. The number of aryl methyl sites for hydroxylation is 2. The number of aromatic amines is 2. The number of carbonyl (C=O) groups excluding carboxylic acids is 1. The average Bonchev–Trinajstić information content (AvgIpc) is 2.91. The molecule has 0 aliphatic carbocycles. The van der Waals surface area contributed by atoms with Gasteiger partial charge in [0.1, 0.15) is 5.69 Å². The molecule has 2 heterocycles. The van der Waals surface area contributed by atoms with Gasteiger partial charge in [-0.2, -0.15) is 5.10 Å². The maximum Gasteiger partial charge on any atom is 0.287 e. The van der Waals surface area contributed by atoms with Gasteiger partial charge in [-0.1, -0.05) is 0 Å². The van der Waals surface area contributed by atoms with E-state index in [0.29, 0.717) is 11.4 Å². The van der Waals surface area contributed by atoms with Crippen LogP contribution in [-0.2, 0) is 0 Å². The Kier molecular flexibility index (Phi) is 2.84. The van der Waals surface area contributed by atoms with E-state index >= 15 is 0 Å². The third-order valence-corrected chi connectivity index (χ3v) is 2.49. The highest BCUT2D eigenvalue weighted by molar-refractivity contribution is 6.04. The summed E-state index contributed by atoms with van der Waals surface area (Å²) in [6, 6.07) is 1.18. The van der Waals surface area contributed by atoms with Crippen molar-refractivity contribution in [2.75, 3.05) is 5.32 Å². The zero-order valence-electron chi connectivity index (χ0n) is 9.77. The summed E-state index contributed by atoms with van der Waals surface area (Å²) in [4.78, 5) is 24.3. The lowest BCUT2D eigenvalue weighted by Gasteiger charge is -2.02. The van der Waals surface area contributed by atoms with Crippen LogP contribution >= 0.6 is 0 Å². The normalized spacial score (nSPS) is 10.3. The summed E-state index contributed by atoms with van der Waals surface area (Å²) in [5.41, 5.74) is 1.93. The van der Waals surface area contributed by atoms with E-state index in [9.17, 15) is 14.9 Å². The number of carbonyl (C=O) groups is 1. The molecule has 8 heteroatoms. The van der Waals surface area contributed by atoms with Crippen molar-refractivity contribution < 1.29 is 9.72 Å². The fourth-order valence-corrected chi connectivity index (χ4v) is 1.54. The summed E-state index contributed by atoms with van der Waals surface area (Å²) in [6.45, 7) is 3.52. The molecule has 94 valence electrons. The van der Waals surface area contributed by atoms with Crippen LogP contribution in [0.3, 0.4) is 0 Å². The summed E-state index contributed by atoms with van der Waals surface area (Å²) in [5, 5.41) is 19.8. The number of rotatable bonds is 3. The van der Waals surface area contributed by atoms with Gasteiger partial charge in [-0.05, 0) is 13.8 Å². The van der Waals surface area contributed by atoms with Crippen LogP contribution in [0.1, 0.15) is 21.9 Å². The summed E-state index contributed by atoms with van der Waals surface area (Å²) < 4.78 is 0. The van der Waals surface area contributed by atoms with Gasteiger partial charge < -0.3 is 10.3 Å². The molecular formula is C10H11N5O3. The molecular weight excluding hydrogens is 238 g/mol. The van der Waals surface area contributed by atoms with Crippen LogP contribution in [0.4, 0.5) is 11.4 Å². The average molecular weight is 249 g/mol. The maximum atomic E-state index is 11.8. The van der Waals surface area contributed by atoms with E-state index in [1.165, 1.54) is 12.3 Å². The van der Waals surface area contributed by atoms with E-state index < -0.39 is 10.8 Å². The number of hydrogen-bond donors (Lipinski definition) is 3. The molecule has 2 aromatic heterocycles. The van der Waals surface area contributed by atoms with Gasteiger partial charge in [0.25, 0.3) is 11.6 Å². The molecule has 0 saturated heterocycles. The lowest BCUT2D eigenvalue weighted by atomic mass is 10.3. The Morgan fingerprint density at radius 2 is 2.22 bits per heavy atom. The fourth-order valence-electron chi connectivity index (χ4n) is 1.54. The number of aromatic nitrogens is 3. The molecule has 0 aromatic carbocycles. The molecule has 18 heavy (non-hydrogen) atoms. The first-order valence-electron chi connectivity index (χ1n) is 5.14. The first-order chi connectivity index (χ1) is 8.49. The minimum atomic E-state index is -0.568. The molecule has 0 radical (unpaired) electrons. The van der Waals surface area contributed by atoms with E-state index in [1.807, 2.05) is 0 Å². The number of H-pyrrole nitrogens is 2. The predicted molar refractivity (Wildman–Crippen MR) is 63.5 cm³/mol. The number of nitrogens with one attached hydrogen (secondary N) is 3. The number of anilines is 1. The van der Waals surface area contributed by atoms with Gasteiger partial charge in [-0.3, -0.25) is 20.0 Å². The van der Waals surface area contributed by atoms with Crippen molar-refractivity contribution in [3.8, 4) is 0 Å². The van der Waals surface area contributed by atoms with Crippen LogP contribution in [0.5, 0.6) is 0 Å². The Balaban J connectivity index is 2.19. The molecule has 0 spiro atoms. The van der Waals surface area contributed by atoms with E-state index in [2.05, 4.69) is 20.5 Å². The van der Waals surface area contributed by atoms with Crippen molar-refractivity contribution in [1.29, 1.82) is 0 Å². The SMILES string of the molecule is Cc1n[nH]c(C)c1NC(=O)c1cc([N+](=O)[O-])c[nH]1. The smallest absolute Gasteiger partial charge is 0.287 e. The molecule has 1 amide bonds. The number of amides is 1. The molecule has 0 aliphatic heterocycles. The maximum absolute atomic E-state index is 11.8. The minimum Gasteiger partial charge on any atom is -0.351 e. The van der Waals surface area contributed by atoms with Gasteiger partial charge in [0.15, 0.2) is 0 Å². The summed E-state index contributed by atoms with van der Waals surface area (Å²) in [6.07, 6.45) is 1.17. The molecule has 0 bridgehead atoms. The number of nitrogens with zero attached hydrogens (tertiary/aromatic N) is 2. The molecule has 2 aromatic rings. The second kappa shape index (κ2) is 4.32. The van der Waals surface area contributed by atoms with Crippen LogP contribution in [0, 0.1) is 24.0 Å². The molecule has 0 fully saturated rings. The zero-order chi connectivity index (χ0) is 13.3. The van der Waals surface area contributed by atoms with Gasteiger partial charge in [0.2, 0.25) is 0 Å². The third kappa shape index (κ3) is 2.08. The largest absolute Gasteiger partial charge is 0.351 e. The second-order valence-electron chi connectivity index (χ2n) is 3.79. The summed E-state index contributed by atoms with van der Waals surface area (Å²) in [7, 11) is 0. The molecule has 0 saturated carbocycles. The Morgan fingerprint density at radius 3 is 2.72 bits per heavy atom. The summed E-state index contributed by atoms with van der Waals surface area (Å²) >= 11 is 0. The zero-order valence-corrected chi connectivity index (χ0v) is 9.77. The van der Waals surface area contributed by atoms with E-state index in [0.717, 1.165) is 5.69 Å². The van der Waals surface area contributed by atoms with E-state index in [4.69, 9.17) is 0 Å². The highest BCUT2D eigenvalue weighted by Crippen LogP contribution is 2.18. The van der Waals surface area contributed by atoms with Gasteiger partial charge in [-0.25, -0.2) is 0 Å². The Hall–Kier alpha value is -2.64. The quantitative estimate of drug-likeness (QED) is 0.564. The number of nitro groups is 1. The topological polar surface area (TPSA) is 117 Å². The van der Waals surface area contributed by atoms with Gasteiger partial charge in [0.05, 0.1) is 28.2 Å². The lowest BCUT2D eigenvalue weighted by Crippen LogP contribution is -2.13. The Morgan fingerprint density at radius 1 is 1.50 bits per heavy atom. The van der Waals surface area contributed by atoms with Crippen LogP contribution < -0.4 is 5.32 Å². The molecule has 0 unspecified atom stereocenters. The van der Waals surface area contributed by atoms with E-state index in [-0.39, 0.29) is 11.4 Å². The fraction of sp³-hybridized carbons (Fsp3) is 0.200. The minimum absolute atomic E-state index is 0.127. The molecule has 3 N–H and O–H groups in total. The summed E-state index contributed by atoms with van der Waals surface area (Å²) in [5.74, 6) is -0.448. The Labute approximate surface area is 102 Å². The molecule has 8 nitrogen and oxygen atoms in total. The van der Waals surface area contributed by atoms with Crippen molar-refractivity contribution in [3.63, 3.8) is 0 Å². The van der Waals surface area contributed by atoms with Crippen molar-refractivity contribution >= 4 is 17.3 Å². The highest BCUT2D eigenvalue weighted by atomic mass is 16.6. The third-order valence-electron chi connectivity index (χ3n) is 2.49. The molecule has 0 aliphatic rings. The standard InChI is InChI=1S/C10H11N5O3/c1-5-9(6(2)14-13-5)12-10(16)8-3-7(4-11-8)15(17)18/h3-4,11H,1-2H3,(H,12,16)(H,13,14). The van der Waals surface area contributed by atoms with Crippen LogP contribution in [0.25, 0.3) is 0 Å². The number of hydrogen-bond acceptors (Lipinski definition) is 4.